The first kappa shape index (κ1) is 9.59. The Morgan fingerprint density at radius 1 is 1.83 bits per heavy atom. The molecule has 0 aliphatic carbocycles. The lowest BCUT2D eigenvalue weighted by molar-refractivity contribution is -0.128. The summed E-state index contributed by atoms with van der Waals surface area (Å²) in [6, 6.07) is 0.359. The minimum absolute atomic E-state index is 0.230. The van der Waals surface area contributed by atoms with Crippen LogP contribution in [0.25, 0.3) is 0 Å². The Hall–Kier alpha value is -0.500. The molecule has 0 radical (unpaired) electrons. The molecule has 1 heterocycles. The number of nitrogens with zero attached hydrogens (tertiary/aromatic N) is 1. The highest BCUT2D eigenvalue weighted by Gasteiger charge is 2.27. The van der Waals surface area contributed by atoms with Gasteiger partial charge in [-0.05, 0) is 18.9 Å². The molecule has 12 heavy (non-hydrogen) atoms. The van der Waals surface area contributed by atoms with E-state index in [1.807, 2.05) is 4.90 Å². The second-order valence-corrected chi connectivity index (χ2v) is 3.56. The first-order valence-electron chi connectivity index (χ1n) is 4.17. The minimum Gasteiger partial charge on any atom is -0.336 e. The van der Waals surface area contributed by atoms with E-state index < -0.39 is 0 Å². The zero-order chi connectivity index (χ0) is 9.14. The van der Waals surface area contributed by atoms with Crippen LogP contribution in [-0.4, -0.2) is 29.3 Å². The van der Waals surface area contributed by atoms with Gasteiger partial charge in [0.1, 0.15) is 0 Å². The predicted octanol–water partition coefficient (Wildman–Crippen LogP) is 1.79. The Labute approximate surface area is 78.2 Å². The first-order valence-corrected chi connectivity index (χ1v) is 4.70. The molecule has 1 fully saturated rings. The van der Waals surface area contributed by atoms with Gasteiger partial charge in [-0.2, -0.15) is 0 Å². The van der Waals surface area contributed by atoms with E-state index in [0.717, 1.165) is 12.0 Å². The topological polar surface area (TPSA) is 20.3 Å². The maximum absolute atomic E-state index is 11.3. The third-order valence-electron chi connectivity index (χ3n) is 2.21. The van der Waals surface area contributed by atoms with Crippen molar-refractivity contribution in [1.82, 2.24) is 4.90 Å². The molecular weight excluding hydrogens is 174 g/mol. The van der Waals surface area contributed by atoms with Crippen LogP contribution in [0.1, 0.15) is 19.8 Å². The molecule has 0 spiro atoms. The van der Waals surface area contributed by atoms with E-state index in [1.165, 1.54) is 0 Å². The third kappa shape index (κ3) is 2.01. The molecule has 1 saturated heterocycles. The van der Waals surface area contributed by atoms with E-state index in [2.05, 4.69) is 13.5 Å². The molecular formula is C9H14ClNO. The summed E-state index contributed by atoms with van der Waals surface area (Å²) >= 11 is 5.59. The molecule has 1 aliphatic heterocycles. The highest BCUT2D eigenvalue weighted by molar-refractivity contribution is 6.19. The van der Waals surface area contributed by atoms with Crippen LogP contribution in [0.5, 0.6) is 0 Å². The van der Waals surface area contributed by atoms with Gasteiger partial charge in [0.15, 0.2) is 0 Å². The Bertz CT molecular complexity index is 203. The molecule has 3 heteroatoms. The van der Waals surface area contributed by atoms with Gasteiger partial charge in [0, 0.05) is 24.9 Å². The van der Waals surface area contributed by atoms with Crippen LogP contribution in [0, 0.1) is 0 Å². The maximum atomic E-state index is 11.3. The van der Waals surface area contributed by atoms with Crippen molar-refractivity contribution in [2.45, 2.75) is 25.8 Å². The summed E-state index contributed by atoms with van der Waals surface area (Å²) in [7, 11) is 0. The van der Waals surface area contributed by atoms with Gasteiger partial charge in [-0.15, -0.1) is 11.6 Å². The molecule has 0 aromatic rings. The molecule has 0 N–H and O–H groups in total. The molecule has 68 valence electrons. The van der Waals surface area contributed by atoms with E-state index in [1.54, 1.807) is 0 Å². The van der Waals surface area contributed by atoms with Crippen molar-refractivity contribution < 1.29 is 4.79 Å². The van der Waals surface area contributed by atoms with Crippen molar-refractivity contribution in [1.29, 1.82) is 0 Å². The van der Waals surface area contributed by atoms with Crippen molar-refractivity contribution in [3.8, 4) is 0 Å². The average molecular weight is 188 g/mol. The van der Waals surface area contributed by atoms with Crippen LogP contribution in [0.4, 0.5) is 0 Å². The number of carbonyl (C=O) groups excluding carboxylic acids is 1. The second-order valence-electron chi connectivity index (χ2n) is 3.29. The lowest BCUT2D eigenvalue weighted by atomic mass is 10.2. The van der Waals surface area contributed by atoms with Crippen LogP contribution in [0.3, 0.4) is 0 Å². The highest BCUT2D eigenvalue weighted by atomic mass is 35.5. The SMILES string of the molecule is C=C(CCl)CN1C(=O)CCC1C. The molecule has 0 saturated carbocycles. The summed E-state index contributed by atoms with van der Waals surface area (Å²) in [5.41, 5.74) is 0.916. The average Bonchev–Trinajstić information content (AvgIpc) is 2.35. The molecule has 2 nitrogen and oxygen atoms in total. The smallest absolute Gasteiger partial charge is 0.223 e. The van der Waals surface area contributed by atoms with E-state index in [-0.39, 0.29) is 5.91 Å². The number of hydrogen-bond donors (Lipinski definition) is 0. The van der Waals surface area contributed by atoms with Crippen LogP contribution < -0.4 is 0 Å². The fourth-order valence-corrected chi connectivity index (χ4v) is 1.49. The number of halogens is 1. The number of rotatable bonds is 3. The minimum atomic E-state index is 0.230. The van der Waals surface area contributed by atoms with Crippen LogP contribution in [0.15, 0.2) is 12.2 Å². The number of amides is 1. The first-order chi connectivity index (χ1) is 5.65. The quantitative estimate of drug-likeness (QED) is 0.488. The fourth-order valence-electron chi connectivity index (χ4n) is 1.40. The largest absolute Gasteiger partial charge is 0.336 e. The summed E-state index contributed by atoms with van der Waals surface area (Å²) in [6.07, 6.45) is 1.64. The van der Waals surface area contributed by atoms with Gasteiger partial charge in [-0.1, -0.05) is 6.58 Å². The summed E-state index contributed by atoms with van der Waals surface area (Å²) in [5.74, 6) is 0.671. The Morgan fingerprint density at radius 2 is 2.50 bits per heavy atom. The van der Waals surface area contributed by atoms with Crippen molar-refractivity contribution in [2.75, 3.05) is 12.4 Å². The number of hydrogen-bond acceptors (Lipinski definition) is 1. The molecule has 1 aliphatic rings. The van der Waals surface area contributed by atoms with Gasteiger partial charge in [0.05, 0.1) is 0 Å². The molecule has 1 amide bonds. The Kier molecular flexibility index (Phi) is 3.15. The van der Waals surface area contributed by atoms with Crippen LogP contribution >= 0.6 is 11.6 Å². The van der Waals surface area contributed by atoms with Gasteiger partial charge in [0.2, 0.25) is 5.91 Å². The lowest BCUT2D eigenvalue weighted by Crippen LogP contribution is -2.32. The van der Waals surface area contributed by atoms with Crippen molar-refractivity contribution in [2.24, 2.45) is 0 Å². The highest BCUT2D eigenvalue weighted by Crippen LogP contribution is 2.18. The molecule has 1 unspecified atom stereocenters. The lowest BCUT2D eigenvalue weighted by Gasteiger charge is -2.21. The van der Waals surface area contributed by atoms with Crippen molar-refractivity contribution in [3.63, 3.8) is 0 Å². The molecule has 0 aromatic heterocycles. The van der Waals surface area contributed by atoms with Gasteiger partial charge in [0.25, 0.3) is 0 Å². The van der Waals surface area contributed by atoms with Gasteiger partial charge < -0.3 is 4.90 Å². The van der Waals surface area contributed by atoms with Gasteiger partial charge in [-0.25, -0.2) is 0 Å². The van der Waals surface area contributed by atoms with Gasteiger partial charge >= 0.3 is 0 Å². The van der Waals surface area contributed by atoms with Crippen molar-refractivity contribution in [3.05, 3.63) is 12.2 Å². The predicted molar refractivity (Wildman–Crippen MR) is 50.3 cm³/mol. The maximum Gasteiger partial charge on any atom is 0.223 e. The monoisotopic (exact) mass is 187 g/mol. The second kappa shape index (κ2) is 3.94. The normalized spacial score (nSPS) is 23.3. The summed E-state index contributed by atoms with van der Waals surface area (Å²) < 4.78 is 0. The summed E-state index contributed by atoms with van der Waals surface area (Å²) in [5, 5.41) is 0. The van der Waals surface area contributed by atoms with E-state index in [9.17, 15) is 4.79 Å². The van der Waals surface area contributed by atoms with Gasteiger partial charge in [-0.3, -0.25) is 4.79 Å². The standard InChI is InChI=1S/C9H14ClNO/c1-7(5-10)6-11-8(2)3-4-9(11)12/h8H,1,3-6H2,2H3. The zero-order valence-electron chi connectivity index (χ0n) is 7.35. The summed E-state index contributed by atoms with van der Waals surface area (Å²) in [6.45, 7) is 6.47. The fraction of sp³-hybridized carbons (Fsp3) is 0.667. The molecule has 0 aromatic carbocycles. The van der Waals surface area contributed by atoms with E-state index >= 15 is 0 Å². The Morgan fingerprint density at radius 3 is 2.92 bits per heavy atom. The Balaban J connectivity index is 2.50. The summed E-state index contributed by atoms with van der Waals surface area (Å²) in [4.78, 5) is 13.1. The number of likely N-dealkylation sites (tertiary alicyclic amines) is 1. The number of alkyl halides is 1. The van der Waals surface area contributed by atoms with Crippen LogP contribution in [0.2, 0.25) is 0 Å². The molecule has 1 rings (SSSR count). The van der Waals surface area contributed by atoms with Crippen molar-refractivity contribution >= 4 is 17.5 Å². The van der Waals surface area contributed by atoms with E-state index in [4.69, 9.17) is 11.6 Å². The van der Waals surface area contributed by atoms with E-state index in [0.29, 0.717) is 24.9 Å². The molecule has 0 bridgehead atoms. The molecule has 1 atom stereocenters. The number of carbonyl (C=O) groups is 1. The van der Waals surface area contributed by atoms with Crippen LogP contribution in [-0.2, 0) is 4.79 Å². The zero-order valence-corrected chi connectivity index (χ0v) is 8.10. The third-order valence-corrected chi connectivity index (χ3v) is 2.59.